The largest absolute Gasteiger partial charge is 0.465 e. The van der Waals surface area contributed by atoms with E-state index in [2.05, 4.69) is 14.2 Å². The molecule has 1 heterocycles. The lowest BCUT2D eigenvalue weighted by atomic mass is 9.88. The summed E-state index contributed by atoms with van der Waals surface area (Å²) in [5.41, 5.74) is 0. The van der Waals surface area contributed by atoms with Crippen LogP contribution in [-0.4, -0.2) is 74.3 Å². The van der Waals surface area contributed by atoms with E-state index in [1.165, 1.54) is 12.1 Å². The number of likely N-dealkylation sites (tertiary alicyclic amines) is 1. The van der Waals surface area contributed by atoms with Crippen molar-refractivity contribution in [2.75, 3.05) is 26.7 Å². The SMILES string of the molecule is CCOC(=O)C(NS(=O)(=O)c1ccccc1)C1(SN=O)CCN(C)CC1.O=S(=O)(O)O. The molecule has 0 saturated carbocycles. The average molecular weight is 500 g/mol. The van der Waals surface area contributed by atoms with E-state index in [1.807, 2.05) is 7.05 Å². The molecule has 1 atom stereocenters. The van der Waals surface area contributed by atoms with E-state index in [-0.39, 0.29) is 11.5 Å². The molecule has 1 aliphatic rings. The van der Waals surface area contributed by atoms with Gasteiger partial charge in [-0.15, -0.1) is 4.91 Å². The summed E-state index contributed by atoms with van der Waals surface area (Å²) in [6.45, 7) is 2.99. The zero-order valence-corrected chi connectivity index (χ0v) is 19.3. The molecule has 15 heteroatoms. The van der Waals surface area contributed by atoms with Gasteiger partial charge in [0.15, 0.2) is 0 Å². The van der Waals surface area contributed by atoms with Crippen LogP contribution in [0.2, 0.25) is 0 Å². The predicted octanol–water partition coefficient (Wildman–Crippen LogP) is 1.12. The highest BCUT2D eigenvalue weighted by molar-refractivity contribution is 7.99. The van der Waals surface area contributed by atoms with E-state index in [4.69, 9.17) is 22.3 Å². The number of rotatable bonds is 8. The summed E-state index contributed by atoms with van der Waals surface area (Å²) in [7, 11) is -6.70. The number of nitrogens with one attached hydrogen (secondary N) is 1. The van der Waals surface area contributed by atoms with Crippen LogP contribution in [0.3, 0.4) is 0 Å². The summed E-state index contributed by atoms with van der Waals surface area (Å²) < 4.78 is 66.6. The van der Waals surface area contributed by atoms with Crippen LogP contribution >= 0.6 is 11.9 Å². The number of carbonyl (C=O) groups is 1. The van der Waals surface area contributed by atoms with Crippen LogP contribution in [-0.2, 0) is 30.0 Å². The number of esters is 1. The number of benzene rings is 1. The average Bonchev–Trinajstić information content (AvgIpc) is 2.68. The molecule has 176 valence electrons. The van der Waals surface area contributed by atoms with Crippen molar-refractivity contribution in [3.05, 3.63) is 35.2 Å². The molecule has 1 saturated heterocycles. The van der Waals surface area contributed by atoms with Gasteiger partial charge in [-0.25, -0.2) is 8.42 Å². The van der Waals surface area contributed by atoms with Crippen LogP contribution in [0.5, 0.6) is 0 Å². The summed E-state index contributed by atoms with van der Waals surface area (Å²) in [6.07, 6.45) is 0.862. The van der Waals surface area contributed by atoms with Gasteiger partial charge in [-0.3, -0.25) is 13.9 Å². The van der Waals surface area contributed by atoms with Gasteiger partial charge in [0.2, 0.25) is 10.0 Å². The van der Waals surface area contributed by atoms with Crippen molar-refractivity contribution in [3.8, 4) is 0 Å². The molecule has 1 aliphatic heterocycles. The summed E-state index contributed by atoms with van der Waals surface area (Å²) in [5, 5.41) is 0. The molecule has 1 aromatic rings. The van der Waals surface area contributed by atoms with Crippen LogP contribution in [0.25, 0.3) is 0 Å². The van der Waals surface area contributed by atoms with Crippen molar-refractivity contribution >= 4 is 38.3 Å². The number of hydrogen-bond donors (Lipinski definition) is 3. The summed E-state index contributed by atoms with van der Waals surface area (Å²) in [5.74, 6) is -0.701. The van der Waals surface area contributed by atoms with Gasteiger partial charge in [0, 0.05) is 16.5 Å². The van der Waals surface area contributed by atoms with E-state index in [1.54, 1.807) is 25.1 Å². The maximum atomic E-state index is 12.8. The summed E-state index contributed by atoms with van der Waals surface area (Å²) >= 11 is 0.715. The Labute approximate surface area is 185 Å². The zero-order chi connectivity index (χ0) is 23.7. The Hall–Kier alpha value is -1.62. The third-order valence-electron chi connectivity index (χ3n) is 4.43. The fraction of sp³-hybridized carbons (Fsp3) is 0.562. The predicted molar refractivity (Wildman–Crippen MR) is 114 cm³/mol. The van der Waals surface area contributed by atoms with E-state index in [0.717, 1.165) is 0 Å². The van der Waals surface area contributed by atoms with Crippen LogP contribution < -0.4 is 4.72 Å². The molecule has 2 rings (SSSR count). The lowest BCUT2D eigenvalue weighted by molar-refractivity contribution is -0.146. The molecule has 1 aromatic carbocycles. The molecule has 31 heavy (non-hydrogen) atoms. The normalized spacial score (nSPS) is 17.7. The van der Waals surface area contributed by atoms with Gasteiger partial charge in [-0.2, -0.15) is 13.1 Å². The van der Waals surface area contributed by atoms with E-state index < -0.39 is 37.2 Å². The first-order valence-corrected chi connectivity index (χ1v) is 12.6. The fourth-order valence-corrected chi connectivity index (χ4v) is 5.06. The molecule has 3 N–H and O–H groups in total. The Morgan fingerprint density at radius 3 is 2.19 bits per heavy atom. The first-order valence-electron chi connectivity index (χ1n) is 8.98. The van der Waals surface area contributed by atoms with Crippen molar-refractivity contribution in [1.82, 2.24) is 9.62 Å². The van der Waals surface area contributed by atoms with Crippen molar-refractivity contribution in [1.29, 1.82) is 0 Å². The maximum absolute atomic E-state index is 12.8. The van der Waals surface area contributed by atoms with Crippen LogP contribution in [0.15, 0.2) is 39.8 Å². The minimum absolute atomic E-state index is 0.0430. The highest BCUT2D eigenvalue weighted by Gasteiger charge is 2.49. The third-order valence-corrected chi connectivity index (χ3v) is 6.95. The van der Waals surface area contributed by atoms with Gasteiger partial charge >= 0.3 is 16.4 Å². The maximum Gasteiger partial charge on any atom is 0.394 e. The highest BCUT2D eigenvalue weighted by atomic mass is 32.3. The minimum atomic E-state index is -4.67. The monoisotopic (exact) mass is 499 g/mol. The molecular weight excluding hydrogens is 474 g/mol. The molecule has 0 aliphatic carbocycles. The van der Waals surface area contributed by atoms with Crippen LogP contribution in [0.4, 0.5) is 0 Å². The molecule has 0 spiro atoms. The van der Waals surface area contributed by atoms with Gasteiger partial charge < -0.3 is 9.64 Å². The zero-order valence-electron chi connectivity index (χ0n) is 16.9. The van der Waals surface area contributed by atoms with E-state index in [9.17, 15) is 18.1 Å². The standard InChI is InChI=1S/C16H23N3O5S2.H2O4S/c1-3-24-15(20)14(16(25-18-21)9-11-19(2)12-10-16)17-26(22,23)13-7-5-4-6-8-13;1-5(2,3)4/h4-8,14,17H,3,9-12H2,1-2H3;(H2,1,2,3,4). The number of ether oxygens (including phenoxy) is 1. The number of hydrogen-bond acceptors (Lipinski definition) is 10. The highest BCUT2D eigenvalue weighted by Crippen LogP contribution is 2.40. The van der Waals surface area contributed by atoms with Crippen molar-refractivity contribution in [2.45, 2.75) is 35.4 Å². The third kappa shape index (κ3) is 9.18. The fourth-order valence-electron chi connectivity index (χ4n) is 2.92. The van der Waals surface area contributed by atoms with E-state index in [0.29, 0.717) is 37.9 Å². The number of piperidine rings is 1. The smallest absolute Gasteiger partial charge is 0.394 e. The van der Waals surface area contributed by atoms with Crippen LogP contribution in [0, 0.1) is 4.91 Å². The molecule has 0 amide bonds. The van der Waals surface area contributed by atoms with Gasteiger partial charge in [-0.05, 0) is 52.0 Å². The number of carbonyl (C=O) groups excluding carboxylic acids is 1. The van der Waals surface area contributed by atoms with Crippen molar-refractivity contribution in [3.63, 3.8) is 0 Å². The van der Waals surface area contributed by atoms with Gasteiger partial charge in [0.05, 0.1) is 16.2 Å². The van der Waals surface area contributed by atoms with Gasteiger partial charge in [0.1, 0.15) is 6.04 Å². The second kappa shape index (κ2) is 11.8. The molecular formula is C16H25N3O9S3. The van der Waals surface area contributed by atoms with Gasteiger partial charge in [0.25, 0.3) is 0 Å². The molecule has 0 aromatic heterocycles. The molecule has 0 radical (unpaired) electrons. The second-order valence-electron chi connectivity index (χ2n) is 6.60. The number of nitroso groups, excluding NO2 is 1. The quantitative estimate of drug-likeness (QED) is 0.202. The lowest BCUT2D eigenvalue weighted by Crippen LogP contribution is -2.59. The molecule has 0 bridgehead atoms. The van der Waals surface area contributed by atoms with Crippen molar-refractivity contribution < 1.29 is 35.5 Å². The number of sulfonamides is 1. The summed E-state index contributed by atoms with van der Waals surface area (Å²) in [4.78, 5) is 25.7. The van der Waals surface area contributed by atoms with Crippen LogP contribution in [0.1, 0.15) is 19.8 Å². The molecule has 1 unspecified atom stereocenters. The first-order chi connectivity index (χ1) is 14.3. The minimum Gasteiger partial charge on any atom is -0.465 e. The Morgan fingerprint density at radius 1 is 1.23 bits per heavy atom. The van der Waals surface area contributed by atoms with E-state index >= 15 is 0 Å². The summed E-state index contributed by atoms with van der Waals surface area (Å²) in [6, 6.07) is 6.58. The second-order valence-corrected chi connectivity index (χ2v) is 10.4. The Kier molecular flexibility index (Phi) is 10.5. The van der Waals surface area contributed by atoms with Gasteiger partial charge in [-0.1, -0.05) is 18.2 Å². The number of nitrogens with zero attached hydrogens (tertiary/aromatic N) is 2. The first kappa shape index (κ1) is 27.4. The Bertz CT molecular complexity index is 924. The van der Waals surface area contributed by atoms with Crippen molar-refractivity contribution in [2.24, 2.45) is 4.58 Å². The lowest BCUT2D eigenvalue weighted by Gasteiger charge is -2.41. The molecule has 12 nitrogen and oxygen atoms in total. The Balaban J connectivity index is 0.000000861. The Morgan fingerprint density at radius 2 is 1.74 bits per heavy atom. The topological polar surface area (TPSA) is 180 Å². The molecule has 1 fully saturated rings.